The Morgan fingerprint density at radius 3 is 1.37 bits per heavy atom. The highest BCUT2D eigenvalue weighted by atomic mass is 31.2. The van der Waals surface area contributed by atoms with Crippen LogP contribution in [0.15, 0.2) is 231 Å². The first-order valence-electron chi connectivity index (χ1n) is 30.9. The number of rotatable bonds is 37. The number of hydrogen-bond acceptors (Lipinski definition) is 14. The smallest absolute Gasteiger partial charge is 0.259 e. The van der Waals surface area contributed by atoms with Gasteiger partial charge in [-0.25, -0.2) is 4.67 Å². The van der Waals surface area contributed by atoms with Gasteiger partial charge in [0.2, 0.25) is 0 Å². The van der Waals surface area contributed by atoms with E-state index in [2.05, 4.69) is 50.6 Å². The third-order valence-electron chi connectivity index (χ3n) is 15.5. The fourth-order valence-electron chi connectivity index (χ4n) is 11.0. The van der Waals surface area contributed by atoms with Gasteiger partial charge in [0.15, 0.2) is 6.29 Å². The van der Waals surface area contributed by atoms with Crippen molar-refractivity contribution in [2.24, 2.45) is 0 Å². The van der Waals surface area contributed by atoms with Gasteiger partial charge in [0.1, 0.15) is 53.7 Å². The Kier molecular flexibility index (Phi) is 26.5. The molecule has 90 heavy (non-hydrogen) atoms. The summed E-state index contributed by atoms with van der Waals surface area (Å²) in [6, 6.07) is 78.6. The maximum absolute atomic E-state index is 9.71. The first-order valence-corrected chi connectivity index (χ1v) is 32.0. The lowest BCUT2D eigenvalue weighted by Crippen LogP contribution is -2.49. The fourth-order valence-corrected chi connectivity index (χ4v) is 12.8. The molecule has 1 aliphatic rings. The summed E-state index contributed by atoms with van der Waals surface area (Å²) in [6.45, 7) is 9.81. The summed E-state index contributed by atoms with van der Waals surface area (Å²) in [6.07, 6.45) is -5.77. The summed E-state index contributed by atoms with van der Waals surface area (Å²) in [4.78, 5) is 0. The minimum absolute atomic E-state index is 0.0124. The van der Waals surface area contributed by atoms with Gasteiger partial charge in [-0.2, -0.15) is 5.26 Å². The van der Waals surface area contributed by atoms with E-state index in [0.717, 1.165) is 44.5 Å². The molecule has 0 saturated carbocycles. The van der Waals surface area contributed by atoms with Crippen LogP contribution in [0.4, 0.5) is 0 Å². The fraction of sp³-hybridized carbons (Fsp3) is 0.347. The molecule has 0 spiro atoms. The standard InChI is InChI=1S/C75H85N2O12P/c1-56(2)77(57(3)4)90(87-47-25-46-76)89-72-70(53-80-48-58-26-13-7-14-27-58)88-74(73(72)84-52-62-34-21-11-22-35-62)85-54-68(81-49-59-28-15-8-16-29-59)71(83-51-61-32-19-10-20-33-61)69(82-50-60-30-17-9-18-31-60)55-86-75(63-36-23-12-24-37-63,64-38-42-66(78-5)43-39-64)65-40-44-67(79-6)45-41-65/h7-24,26-45,56-57,68-74H,25,47-55H2,1-6H3/t68-,69+,70+,71-,72+,73+,74+,90?/m0/s1. The van der Waals surface area contributed by atoms with Gasteiger partial charge in [-0.3, -0.25) is 0 Å². The molecule has 1 aliphatic heterocycles. The molecule has 0 N–H and O–H groups in total. The Labute approximate surface area is 533 Å². The predicted molar refractivity (Wildman–Crippen MR) is 349 cm³/mol. The molecule has 14 nitrogen and oxygen atoms in total. The summed E-state index contributed by atoms with van der Waals surface area (Å²) in [5.41, 5.74) is 6.17. The molecule has 1 fully saturated rings. The van der Waals surface area contributed by atoms with E-state index in [1.807, 2.05) is 218 Å². The van der Waals surface area contributed by atoms with Crippen LogP contribution < -0.4 is 9.47 Å². The van der Waals surface area contributed by atoms with E-state index in [1.165, 1.54) is 0 Å². The molecular formula is C75H85N2O12P. The van der Waals surface area contributed by atoms with Gasteiger partial charge in [-0.1, -0.05) is 206 Å². The average Bonchev–Trinajstić information content (AvgIpc) is 0.944. The second kappa shape index (κ2) is 35.4. The Morgan fingerprint density at radius 1 is 0.489 bits per heavy atom. The van der Waals surface area contributed by atoms with E-state index < -0.39 is 57.0 Å². The number of hydrogen-bond donors (Lipinski definition) is 0. The van der Waals surface area contributed by atoms with Gasteiger partial charge < -0.3 is 56.4 Å². The van der Waals surface area contributed by atoms with Crippen molar-refractivity contribution >= 4 is 8.53 Å². The normalized spacial score (nSPS) is 17.2. The van der Waals surface area contributed by atoms with Crippen molar-refractivity contribution in [1.29, 1.82) is 5.26 Å². The van der Waals surface area contributed by atoms with Gasteiger partial charge in [0.25, 0.3) is 8.53 Å². The Balaban J connectivity index is 1.15. The van der Waals surface area contributed by atoms with E-state index in [-0.39, 0.29) is 71.4 Å². The van der Waals surface area contributed by atoms with Crippen LogP contribution in [-0.2, 0) is 85.6 Å². The monoisotopic (exact) mass is 1240 g/mol. The Morgan fingerprint density at radius 2 is 0.911 bits per heavy atom. The molecule has 8 aromatic rings. The van der Waals surface area contributed by atoms with E-state index >= 15 is 0 Å². The molecule has 0 amide bonds. The van der Waals surface area contributed by atoms with Crippen LogP contribution in [0.25, 0.3) is 0 Å². The van der Waals surface area contributed by atoms with Crippen LogP contribution in [-0.4, -0.2) is 100 Å². The van der Waals surface area contributed by atoms with E-state index in [9.17, 15) is 5.26 Å². The van der Waals surface area contributed by atoms with Crippen LogP contribution >= 0.6 is 8.53 Å². The molecule has 9 rings (SSSR count). The minimum atomic E-state index is -1.79. The van der Waals surface area contributed by atoms with Crippen molar-refractivity contribution in [2.45, 2.75) is 128 Å². The topological polar surface area (TPSA) is 138 Å². The number of methoxy groups -OCH3 is 2. The first-order chi connectivity index (χ1) is 44.1. The zero-order valence-corrected chi connectivity index (χ0v) is 53.3. The van der Waals surface area contributed by atoms with E-state index in [0.29, 0.717) is 18.1 Å². The van der Waals surface area contributed by atoms with Crippen molar-refractivity contribution in [1.82, 2.24) is 4.67 Å². The SMILES string of the molecule is COc1ccc(C(OC[C@@H](OCc2ccccc2)[C@@H](OCc2ccccc2)[C@H](CO[C@@H]2O[C@H](COCc3ccccc3)[C@@H](OP(OCCC#N)N(C(C)C)C(C)C)[C@H]2OCc2ccccc2)OCc2ccccc2)(c2ccccc2)c2ccc(OC)cc2)cc1. The van der Waals surface area contributed by atoms with E-state index in [4.69, 9.17) is 56.4 Å². The predicted octanol–water partition coefficient (Wildman–Crippen LogP) is 15.0. The molecular weight excluding hydrogens is 1150 g/mol. The Bertz CT molecular complexity index is 3240. The maximum atomic E-state index is 9.71. The number of benzene rings is 8. The van der Waals surface area contributed by atoms with Crippen LogP contribution in [0.3, 0.4) is 0 Å². The van der Waals surface area contributed by atoms with Crippen LogP contribution in [0, 0.1) is 11.3 Å². The van der Waals surface area contributed by atoms with Crippen LogP contribution in [0.1, 0.15) is 78.6 Å². The largest absolute Gasteiger partial charge is 0.497 e. The molecule has 8 aromatic carbocycles. The molecule has 0 bridgehead atoms. The quantitative estimate of drug-likeness (QED) is 0.0207. The van der Waals surface area contributed by atoms with Gasteiger partial charge in [0, 0.05) is 12.1 Å². The highest BCUT2D eigenvalue weighted by molar-refractivity contribution is 7.44. The molecule has 1 unspecified atom stereocenters. The second-order valence-electron chi connectivity index (χ2n) is 22.5. The molecule has 1 saturated heterocycles. The number of nitriles is 1. The zero-order chi connectivity index (χ0) is 62.8. The molecule has 1 heterocycles. The van der Waals surface area contributed by atoms with Crippen molar-refractivity contribution in [3.8, 4) is 17.6 Å². The lowest BCUT2D eigenvalue weighted by molar-refractivity contribution is -0.225. The van der Waals surface area contributed by atoms with Gasteiger partial charge in [-0.15, -0.1) is 0 Å². The molecule has 15 heteroatoms. The van der Waals surface area contributed by atoms with Crippen LogP contribution in [0.2, 0.25) is 0 Å². The van der Waals surface area contributed by atoms with Gasteiger partial charge >= 0.3 is 0 Å². The highest BCUT2D eigenvalue weighted by Crippen LogP contribution is 2.50. The summed E-state index contributed by atoms with van der Waals surface area (Å²) >= 11 is 0. The summed E-state index contributed by atoms with van der Waals surface area (Å²) in [5.74, 6) is 1.40. The molecule has 0 aliphatic carbocycles. The molecule has 0 radical (unpaired) electrons. The molecule has 472 valence electrons. The van der Waals surface area contributed by atoms with E-state index in [1.54, 1.807) is 14.2 Å². The molecule has 8 atom stereocenters. The lowest BCUT2D eigenvalue weighted by atomic mass is 9.80. The summed E-state index contributed by atoms with van der Waals surface area (Å²) in [5, 5.41) is 9.71. The average molecular weight is 1240 g/mol. The first kappa shape index (κ1) is 67.2. The Hall–Kier alpha value is -7.16. The van der Waals surface area contributed by atoms with Crippen molar-refractivity contribution in [3.05, 3.63) is 275 Å². The number of nitrogens with zero attached hydrogens (tertiary/aromatic N) is 2. The van der Waals surface area contributed by atoms with Crippen LogP contribution in [0.5, 0.6) is 11.5 Å². The third kappa shape index (κ3) is 19.0. The number of ether oxygens (including phenoxy) is 10. The highest BCUT2D eigenvalue weighted by Gasteiger charge is 2.51. The van der Waals surface area contributed by atoms with Crippen molar-refractivity contribution in [2.75, 3.05) is 40.6 Å². The maximum Gasteiger partial charge on any atom is 0.259 e. The summed E-state index contributed by atoms with van der Waals surface area (Å²) in [7, 11) is 1.53. The third-order valence-corrected chi connectivity index (χ3v) is 17.6. The lowest BCUT2D eigenvalue weighted by Gasteiger charge is -2.39. The molecule has 0 aromatic heterocycles. The minimum Gasteiger partial charge on any atom is -0.497 e. The van der Waals surface area contributed by atoms with Gasteiger partial charge in [-0.05, 0) is 96.5 Å². The van der Waals surface area contributed by atoms with Crippen molar-refractivity contribution < 1.29 is 56.4 Å². The second-order valence-corrected chi connectivity index (χ2v) is 23.9. The van der Waals surface area contributed by atoms with Crippen molar-refractivity contribution in [3.63, 3.8) is 0 Å². The zero-order valence-electron chi connectivity index (χ0n) is 52.4. The summed E-state index contributed by atoms with van der Waals surface area (Å²) < 4.78 is 85.0. The van der Waals surface area contributed by atoms with Gasteiger partial charge in [0.05, 0.1) is 86.2 Å².